The first-order valence-electron chi connectivity index (χ1n) is 12.8. The van der Waals surface area contributed by atoms with E-state index in [1.165, 1.54) is 17.0 Å². The van der Waals surface area contributed by atoms with Gasteiger partial charge in [-0.25, -0.2) is 13.6 Å². The topological polar surface area (TPSA) is 149 Å². The van der Waals surface area contributed by atoms with Crippen LogP contribution in [0.4, 0.5) is 33.3 Å². The number of carboxylic acids is 2. The number of aliphatic carboxylic acids is 2. The van der Waals surface area contributed by atoms with E-state index >= 15 is 0 Å². The molecular formula is C29H29F5N4O6. The number of benzene rings is 3. The van der Waals surface area contributed by atoms with Gasteiger partial charge in [-0.15, -0.1) is 0 Å². The number of hydrogen-bond acceptors (Lipinski definition) is 7. The summed E-state index contributed by atoms with van der Waals surface area (Å²) in [6.45, 7) is 2.34. The number of nitrogens with two attached hydrogens (primary N) is 1. The van der Waals surface area contributed by atoms with Crippen LogP contribution < -0.4 is 25.0 Å². The van der Waals surface area contributed by atoms with E-state index in [4.69, 9.17) is 30.5 Å². The van der Waals surface area contributed by atoms with E-state index in [0.717, 1.165) is 11.8 Å². The molecule has 5 N–H and O–H groups in total. The molecule has 236 valence electrons. The SMILES string of the molecule is CN1CC(C)(COc2ccc(C(=N)N)cc2)Oc2ccc(N(CC(=O)O)Cc3cc(F)cc(F)c3)cc21.O=C(O)C(F)(F)F. The molecule has 15 heteroatoms. The van der Waals surface area contributed by atoms with Crippen LogP contribution in [-0.2, 0) is 16.1 Å². The van der Waals surface area contributed by atoms with Gasteiger partial charge < -0.3 is 35.2 Å². The lowest BCUT2D eigenvalue weighted by molar-refractivity contribution is -0.192. The Morgan fingerprint density at radius 2 is 1.66 bits per heavy atom. The Morgan fingerprint density at radius 3 is 2.18 bits per heavy atom. The third-order valence-corrected chi connectivity index (χ3v) is 6.22. The zero-order chi connectivity index (χ0) is 32.8. The molecule has 0 saturated heterocycles. The van der Waals surface area contributed by atoms with Crippen molar-refractivity contribution in [3.05, 3.63) is 83.4 Å². The Kier molecular flexibility index (Phi) is 10.2. The molecule has 0 fully saturated rings. The van der Waals surface area contributed by atoms with E-state index in [1.807, 2.05) is 18.9 Å². The fraction of sp³-hybridized carbons (Fsp3) is 0.276. The number of nitrogens with zero attached hydrogens (tertiary/aromatic N) is 2. The molecule has 0 radical (unpaired) electrons. The fourth-order valence-corrected chi connectivity index (χ4v) is 4.34. The number of carbonyl (C=O) groups is 2. The molecule has 0 amide bonds. The van der Waals surface area contributed by atoms with Gasteiger partial charge in [-0.2, -0.15) is 13.2 Å². The number of rotatable bonds is 9. The number of nitrogens with one attached hydrogen (secondary N) is 1. The van der Waals surface area contributed by atoms with Gasteiger partial charge in [-0.05, 0) is 67.1 Å². The lowest BCUT2D eigenvalue weighted by Crippen LogP contribution is -2.51. The Balaban J connectivity index is 0.000000676. The van der Waals surface area contributed by atoms with Crippen molar-refractivity contribution in [2.45, 2.75) is 25.2 Å². The quantitative estimate of drug-likeness (QED) is 0.152. The molecule has 4 rings (SSSR count). The van der Waals surface area contributed by atoms with Gasteiger partial charge in [0.1, 0.15) is 42.1 Å². The second kappa shape index (κ2) is 13.5. The summed E-state index contributed by atoms with van der Waals surface area (Å²) < 4.78 is 71.3. The van der Waals surface area contributed by atoms with Crippen LogP contribution in [0.15, 0.2) is 60.7 Å². The molecule has 0 bridgehead atoms. The van der Waals surface area contributed by atoms with Gasteiger partial charge in [0, 0.05) is 30.9 Å². The molecule has 3 aromatic rings. The maximum atomic E-state index is 13.7. The van der Waals surface area contributed by atoms with Crippen molar-refractivity contribution in [1.82, 2.24) is 0 Å². The molecule has 44 heavy (non-hydrogen) atoms. The second-order valence-corrected chi connectivity index (χ2v) is 10.1. The zero-order valence-electron chi connectivity index (χ0n) is 23.5. The van der Waals surface area contributed by atoms with Gasteiger partial charge in [-0.3, -0.25) is 10.2 Å². The van der Waals surface area contributed by atoms with Crippen LogP contribution in [0.1, 0.15) is 18.1 Å². The van der Waals surface area contributed by atoms with E-state index in [0.29, 0.717) is 34.9 Å². The number of nitrogen functional groups attached to an aromatic ring is 1. The van der Waals surface area contributed by atoms with Crippen molar-refractivity contribution >= 4 is 29.1 Å². The summed E-state index contributed by atoms with van der Waals surface area (Å²) >= 11 is 0. The average molecular weight is 625 g/mol. The van der Waals surface area contributed by atoms with Crippen LogP contribution in [0.2, 0.25) is 0 Å². The smallest absolute Gasteiger partial charge is 0.489 e. The predicted molar refractivity (Wildman–Crippen MR) is 150 cm³/mol. The number of amidine groups is 1. The summed E-state index contributed by atoms with van der Waals surface area (Å²) in [6, 6.07) is 15.3. The average Bonchev–Trinajstić information content (AvgIpc) is 2.91. The third-order valence-electron chi connectivity index (χ3n) is 6.22. The van der Waals surface area contributed by atoms with Crippen molar-refractivity contribution in [3.63, 3.8) is 0 Å². The summed E-state index contributed by atoms with van der Waals surface area (Å²) in [5.41, 5.74) is 7.07. The minimum atomic E-state index is -5.08. The van der Waals surface area contributed by atoms with Crippen LogP contribution in [-0.4, -0.2) is 66.5 Å². The highest BCUT2D eigenvalue weighted by molar-refractivity contribution is 5.94. The largest absolute Gasteiger partial charge is 0.490 e. The van der Waals surface area contributed by atoms with Crippen LogP contribution in [0.25, 0.3) is 0 Å². The lowest BCUT2D eigenvalue weighted by atomic mass is 10.0. The molecule has 10 nitrogen and oxygen atoms in total. The highest BCUT2D eigenvalue weighted by Gasteiger charge is 2.38. The lowest BCUT2D eigenvalue weighted by Gasteiger charge is -2.41. The number of anilines is 2. The molecule has 0 aromatic heterocycles. The van der Waals surface area contributed by atoms with Crippen molar-refractivity contribution in [3.8, 4) is 11.5 Å². The van der Waals surface area contributed by atoms with Gasteiger partial charge in [0.15, 0.2) is 5.60 Å². The number of alkyl halides is 3. The minimum Gasteiger partial charge on any atom is -0.489 e. The number of likely N-dealkylation sites (N-methyl/N-ethyl adjacent to an activating group) is 1. The summed E-state index contributed by atoms with van der Waals surface area (Å²) in [5.74, 6) is -4.07. The van der Waals surface area contributed by atoms with E-state index in [1.54, 1.807) is 42.5 Å². The predicted octanol–water partition coefficient (Wildman–Crippen LogP) is 4.64. The Bertz CT molecular complexity index is 1500. The van der Waals surface area contributed by atoms with Crippen LogP contribution in [0, 0.1) is 17.0 Å². The van der Waals surface area contributed by atoms with E-state index in [9.17, 15) is 31.9 Å². The van der Waals surface area contributed by atoms with E-state index in [-0.39, 0.29) is 25.5 Å². The maximum absolute atomic E-state index is 13.7. The minimum absolute atomic E-state index is 0.0122. The standard InChI is InChI=1S/C27H28F2N4O4.C2HF3O2/c1-27(16-36-22-6-3-18(4-7-22)26(30)31)15-32(2)23-12-21(5-8-24(23)37-27)33(14-25(34)35)13-17-9-19(28)11-20(29)10-17;3-2(4,5)1(6)7/h3-12H,13-16H2,1-2H3,(H3,30,31)(H,34,35);(H,6,7). The highest BCUT2D eigenvalue weighted by Crippen LogP contribution is 2.39. The first kappa shape index (κ1) is 33.4. The third kappa shape index (κ3) is 9.21. The molecule has 0 saturated carbocycles. The van der Waals surface area contributed by atoms with Gasteiger partial charge in [0.25, 0.3) is 0 Å². The number of hydrogen-bond donors (Lipinski definition) is 4. The molecule has 0 aliphatic carbocycles. The Morgan fingerprint density at radius 1 is 1.07 bits per heavy atom. The molecule has 1 atom stereocenters. The highest BCUT2D eigenvalue weighted by atomic mass is 19.4. The van der Waals surface area contributed by atoms with E-state index in [2.05, 4.69) is 0 Å². The second-order valence-electron chi connectivity index (χ2n) is 10.1. The number of halogens is 5. The molecule has 1 unspecified atom stereocenters. The van der Waals surface area contributed by atoms with Crippen LogP contribution >= 0.6 is 0 Å². The van der Waals surface area contributed by atoms with Crippen molar-refractivity contribution in [2.24, 2.45) is 5.73 Å². The Labute approximate surface area is 248 Å². The van der Waals surface area contributed by atoms with Gasteiger partial charge >= 0.3 is 18.1 Å². The summed E-state index contributed by atoms with van der Waals surface area (Å²) in [6.07, 6.45) is -5.08. The van der Waals surface area contributed by atoms with Crippen LogP contribution in [0.3, 0.4) is 0 Å². The first-order chi connectivity index (χ1) is 20.5. The molecule has 1 aliphatic heterocycles. The maximum Gasteiger partial charge on any atom is 0.490 e. The normalized spacial score (nSPS) is 15.7. The van der Waals surface area contributed by atoms with Gasteiger partial charge in [0.05, 0.1) is 12.2 Å². The summed E-state index contributed by atoms with van der Waals surface area (Å²) in [7, 11) is 1.90. The molecule has 1 heterocycles. The molecule has 3 aromatic carbocycles. The zero-order valence-corrected chi connectivity index (χ0v) is 23.5. The van der Waals surface area contributed by atoms with E-state index < -0.39 is 35.4 Å². The first-order valence-corrected chi connectivity index (χ1v) is 12.8. The summed E-state index contributed by atoms with van der Waals surface area (Å²) in [4.78, 5) is 24.0. The van der Waals surface area contributed by atoms with Crippen molar-refractivity contribution in [1.29, 1.82) is 5.41 Å². The van der Waals surface area contributed by atoms with Crippen molar-refractivity contribution < 1.29 is 51.2 Å². The number of fused-ring (bicyclic) bond motifs is 1. The molecule has 1 aliphatic rings. The summed E-state index contributed by atoms with van der Waals surface area (Å²) in [5, 5.41) is 24.0. The monoisotopic (exact) mass is 624 g/mol. The van der Waals surface area contributed by atoms with Crippen LogP contribution in [0.5, 0.6) is 11.5 Å². The van der Waals surface area contributed by atoms with Gasteiger partial charge in [-0.1, -0.05) is 0 Å². The van der Waals surface area contributed by atoms with Crippen molar-refractivity contribution in [2.75, 3.05) is 36.5 Å². The van der Waals surface area contributed by atoms with Gasteiger partial charge in [0.2, 0.25) is 0 Å². The number of carboxylic acid groups (broad SMARTS) is 2. The Hall–Kier alpha value is -5.08. The molecule has 0 spiro atoms. The number of ether oxygens (including phenoxy) is 2. The fourth-order valence-electron chi connectivity index (χ4n) is 4.34. The molecular weight excluding hydrogens is 595 g/mol.